The van der Waals surface area contributed by atoms with E-state index >= 15 is 0 Å². The fourth-order valence-corrected chi connectivity index (χ4v) is 1.38. The van der Waals surface area contributed by atoms with Gasteiger partial charge in [0, 0.05) is 10.4 Å². The molecule has 0 saturated heterocycles. The minimum absolute atomic E-state index is 0.0824. The summed E-state index contributed by atoms with van der Waals surface area (Å²) in [6.07, 6.45) is 0. The molecule has 0 saturated carbocycles. The first-order valence-corrected chi connectivity index (χ1v) is 5.96. The molecule has 0 aliphatic rings. The summed E-state index contributed by atoms with van der Waals surface area (Å²) >= 11 is 5.92. The van der Waals surface area contributed by atoms with Gasteiger partial charge in [0.15, 0.2) is 0 Å². The van der Waals surface area contributed by atoms with Crippen molar-refractivity contribution in [3.63, 3.8) is 0 Å². The van der Waals surface area contributed by atoms with Crippen molar-refractivity contribution in [2.24, 2.45) is 5.41 Å². The van der Waals surface area contributed by atoms with E-state index in [1.807, 2.05) is 25.1 Å². The fraction of sp³-hybridized carbons (Fsp3) is 0.571. The van der Waals surface area contributed by atoms with E-state index in [9.17, 15) is 0 Å². The molecule has 16 heavy (non-hydrogen) atoms. The minimum Gasteiger partial charge on any atom is -0.487 e. The van der Waals surface area contributed by atoms with Crippen LogP contribution in [0.1, 0.15) is 40.2 Å². The molecule has 0 N–H and O–H groups in total. The van der Waals surface area contributed by atoms with Gasteiger partial charge in [0.2, 0.25) is 0 Å². The highest BCUT2D eigenvalue weighted by Gasteiger charge is 2.35. The standard InChI is InChI=1S/C14H21ClO/c1-10-9-11(15)7-8-12(10)16-14(5,6)13(2,3)4/h7-9H,1-6H3. The molecule has 0 aromatic heterocycles. The quantitative estimate of drug-likeness (QED) is 0.718. The number of ether oxygens (including phenoxy) is 1. The molecular weight excluding hydrogens is 220 g/mol. The molecule has 2 heteroatoms. The lowest BCUT2D eigenvalue weighted by molar-refractivity contribution is 0.000269. The zero-order valence-corrected chi connectivity index (χ0v) is 11.8. The molecule has 0 aliphatic carbocycles. The molecule has 1 rings (SSSR count). The monoisotopic (exact) mass is 240 g/mol. The Balaban J connectivity index is 2.97. The number of hydrogen-bond donors (Lipinski definition) is 0. The van der Waals surface area contributed by atoms with Crippen molar-refractivity contribution in [1.29, 1.82) is 0 Å². The number of hydrogen-bond acceptors (Lipinski definition) is 1. The van der Waals surface area contributed by atoms with Crippen LogP contribution in [0.5, 0.6) is 5.75 Å². The predicted octanol–water partition coefficient (Wildman–Crippen LogP) is 4.85. The van der Waals surface area contributed by atoms with E-state index < -0.39 is 0 Å². The Kier molecular flexibility index (Phi) is 3.59. The average Bonchev–Trinajstić information content (AvgIpc) is 2.08. The van der Waals surface area contributed by atoms with Crippen molar-refractivity contribution in [2.75, 3.05) is 0 Å². The van der Waals surface area contributed by atoms with Crippen LogP contribution < -0.4 is 4.74 Å². The summed E-state index contributed by atoms with van der Waals surface area (Å²) in [4.78, 5) is 0. The summed E-state index contributed by atoms with van der Waals surface area (Å²) in [5.74, 6) is 0.907. The van der Waals surface area contributed by atoms with Crippen molar-refractivity contribution < 1.29 is 4.74 Å². The van der Waals surface area contributed by atoms with Crippen LogP contribution in [-0.2, 0) is 0 Å². The largest absolute Gasteiger partial charge is 0.487 e. The molecule has 0 unspecified atom stereocenters. The van der Waals surface area contributed by atoms with Crippen molar-refractivity contribution >= 4 is 11.6 Å². The smallest absolute Gasteiger partial charge is 0.123 e. The fourth-order valence-electron chi connectivity index (χ4n) is 1.16. The zero-order chi connectivity index (χ0) is 12.6. The van der Waals surface area contributed by atoms with Crippen LogP contribution in [0.4, 0.5) is 0 Å². The van der Waals surface area contributed by atoms with E-state index in [4.69, 9.17) is 16.3 Å². The molecule has 0 aliphatic heterocycles. The third-order valence-electron chi connectivity index (χ3n) is 3.31. The Morgan fingerprint density at radius 2 is 1.62 bits per heavy atom. The lowest BCUT2D eigenvalue weighted by atomic mass is 9.79. The first kappa shape index (κ1) is 13.4. The molecule has 0 heterocycles. The third-order valence-corrected chi connectivity index (χ3v) is 3.54. The second-order valence-corrected chi connectivity index (χ2v) is 6.21. The van der Waals surface area contributed by atoms with E-state index in [0.717, 1.165) is 16.3 Å². The van der Waals surface area contributed by atoms with Crippen LogP contribution in [-0.4, -0.2) is 5.60 Å². The highest BCUT2D eigenvalue weighted by Crippen LogP contribution is 2.35. The van der Waals surface area contributed by atoms with Crippen molar-refractivity contribution in [1.82, 2.24) is 0 Å². The molecule has 0 amide bonds. The molecular formula is C14H21ClO. The van der Waals surface area contributed by atoms with Crippen LogP contribution in [0.15, 0.2) is 18.2 Å². The molecule has 0 bridgehead atoms. The van der Waals surface area contributed by atoms with Gasteiger partial charge in [0.05, 0.1) is 0 Å². The van der Waals surface area contributed by atoms with Gasteiger partial charge in [-0.3, -0.25) is 0 Å². The van der Waals surface area contributed by atoms with Crippen LogP contribution in [0.25, 0.3) is 0 Å². The Bertz CT molecular complexity index is 375. The van der Waals surface area contributed by atoms with Gasteiger partial charge in [0.1, 0.15) is 11.4 Å². The normalized spacial score (nSPS) is 12.7. The maximum atomic E-state index is 6.09. The first-order chi connectivity index (χ1) is 7.13. The van der Waals surface area contributed by atoms with Gasteiger partial charge in [0.25, 0.3) is 0 Å². The number of aryl methyl sites for hydroxylation is 1. The van der Waals surface area contributed by atoms with Crippen LogP contribution in [0.3, 0.4) is 0 Å². The van der Waals surface area contributed by atoms with Gasteiger partial charge >= 0.3 is 0 Å². The molecule has 1 aromatic carbocycles. The average molecular weight is 241 g/mol. The first-order valence-electron chi connectivity index (χ1n) is 5.59. The van der Waals surface area contributed by atoms with E-state index in [-0.39, 0.29) is 11.0 Å². The summed E-state index contributed by atoms with van der Waals surface area (Å²) < 4.78 is 6.09. The van der Waals surface area contributed by atoms with Crippen LogP contribution in [0, 0.1) is 12.3 Å². The maximum absolute atomic E-state index is 6.09. The van der Waals surface area contributed by atoms with Crippen LogP contribution >= 0.6 is 11.6 Å². The zero-order valence-electron chi connectivity index (χ0n) is 11.0. The lowest BCUT2D eigenvalue weighted by Crippen LogP contribution is -2.42. The van der Waals surface area contributed by atoms with Gasteiger partial charge in [-0.05, 0) is 44.5 Å². The van der Waals surface area contributed by atoms with Gasteiger partial charge in [-0.25, -0.2) is 0 Å². The molecule has 0 atom stereocenters. The highest BCUT2D eigenvalue weighted by atomic mass is 35.5. The van der Waals surface area contributed by atoms with Gasteiger partial charge < -0.3 is 4.74 Å². The summed E-state index contributed by atoms with van der Waals surface area (Å²) in [5, 5.41) is 0.749. The molecule has 1 nitrogen and oxygen atoms in total. The third kappa shape index (κ3) is 2.91. The number of benzene rings is 1. The Labute approximate surface area is 104 Å². The van der Waals surface area contributed by atoms with E-state index in [1.54, 1.807) is 0 Å². The topological polar surface area (TPSA) is 9.23 Å². The molecule has 0 spiro atoms. The van der Waals surface area contributed by atoms with Gasteiger partial charge in [-0.2, -0.15) is 0 Å². The van der Waals surface area contributed by atoms with Crippen molar-refractivity contribution in [3.8, 4) is 5.75 Å². The van der Waals surface area contributed by atoms with Gasteiger partial charge in [-0.15, -0.1) is 0 Å². The second kappa shape index (κ2) is 4.29. The van der Waals surface area contributed by atoms with Crippen molar-refractivity contribution in [3.05, 3.63) is 28.8 Å². The van der Waals surface area contributed by atoms with E-state index in [2.05, 4.69) is 34.6 Å². The molecule has 90 valence electrons. The Morgan fingerprint density at radius 3 is 2.06 bits per heavy atom. The second-order valence-electron chi connectivity index (χ2n) is 5.77. The van der Waals surface area contributed by atoms with Crippen molar-refractivity contribution in [2.45, 2.75) is 47.1 Å². The maximum Gasteiger partial charge on any atom is 0.123 e. The molecule has 0 radical (unpaired) electrons. The lowest BCUT2D eigenvalue weighted by Gasteiger charge is -2.39. The minimum atomic E-state index is -0.217. The summed E-state index contributed by atoms with van der Waals surface area (Å²) in [5.41, 5.74) is 0.940. The predicted molar refractivity (Wildman–Crippen MR) is 70.4 cm³/mol. The SMILES string of the molecule is Cc1cc(Cl)ccc1OC(C)(C)C(C)(C)C. The Hall–Kier alpha value is -0.690. The van der Waals surface area contributed by atoms with E-state index in [0.29, 0.717) is 0 Å². The molecule has 0 fully saturated rings. The summed E-state index contributed by atoms with van der Waals surface area (Å²) in [7, 11) is 0. The summed E-state index contributed by atoms with van der Waals surface area (Å²) in [6.45, 7) is 12.8. The molecule has 1 aromatic rings. The van der Waals surface area contributed by atoms with Crippen LogP contribution in [0.2, 0.25) is 5.02 Å². The number of rotatable bonds is 2. The summed E-state index contributed by atoms with van der Waals surface area (Å²) in [6, 6.07) is 5.73. The Morgan fingerprint density at radius 1 is 1.06 bits per heavy atom. The van der Waals surface area contributed by atoms with Gasteiger partial charge in [-0.1, -0.05) is 32.4 Å². The van der Waals surface area contributed by atoms with E-state index in [1.165, 1.54) is 0 Å². The number of halogens is 1. The highest BCUT2D eigenvalue weighted by molar-refractivity contribution is 6.30.